The van der Waals surface area contributed by atoms with E-state index in [1.807, 2.05) is 13.8 Å². The summed E-state index contributed by atoms with van der Waals surface area (Å²) in [6.07, 6.45) is 2.14. The van der Waals surface area contributed by atoms with Gasteiger partial charge in [-0.15, -0.1) is 0 Å². The molecule has 1 N–H and O–H groups in total. The minimum Gasteiger partial charge on any atom is -0.326 e. The predicted molar refractivity (Wildman–Crippen MR) is 91.7 cm³/mol. The van der Waals surface area contributed by atoms with Crippen LogP contribution in [0.5, 0.6) is 0 Å². The first-order valence-electron chi connectivity index (χ1n) is 8.07. The minimum atomic E-state index is -0.333. The fourth-order valence-electron chi connectivity index (χ4n) is 3.51. The van der Waals surface area contributed by atoms with Gasteiger partial charge < -0.3 is 5.32 Å². The molecule has 1 saturated carbocycles. The van der Waals surface area contributed by atoms with Crippen molar-refractivity contribution in [2.75, 3.05) is 12.4 Å². The molecule has 1 aliphatic heterocycles. The molecule has 1 aliphatic carbocycles. The van der Waals surface area contributed by atoms with Gasteiger partial charge in [0.1, 0.15) is 0 Å². The maximum Gasteiger partial charge on any atom is 0.261 e. The van der Waals surface area contributed by atoms with Gasteiger partial charge in [-0.2, -0.15) is 0 Å². The van der Waals surface area contributed by atoms with E-state index in [2.05, 4.69) is 25.2 Å². The first-order chi connectivity index (χ1) is 11.1. The van der Waals surface area contributed by atoms with Crippen molar-refractivity contribution >= 4 is 23.4 Å². The number of hydrogen-bond donors (Lipinski definition) is 1. The molecule has 3 amide bonds. The highest BCUT2D eigenvalue weighted by molar-refractivity contribution is 6.21. The van der Waals surface area contributed by atoms with Gasteiger partial charge >= 0.3 is 0 Å². The van der Waals surface area contributed by atoms with E-state index in [1.54, 1.807) is 18.2 Å². The van der Waals surface area contributed by atoms with Crippen LogP contribution in [-0.4, -0.2) is 29.7 Å². The van der Waals surface area contributed by atoms with E-state index in [0.717, 1.165) is 4.90 Å². The summed E-state index contributed by atoms with van der Waals surface area (Å²) >= 11 is 0. The summed E-state index contributed by atoms with van der Waals surface area (Å²) in [6, 6.07) is 4.86. The topological polar surface area (TPSA) is 66.5 Å². The number of nitrogens with one attached hydrogen (secondary N) is 1. The van der Waals surface area contributed by atoms with Crippen molar-refractivity contribution in [3.8, 4) is 0 Å². The lowest BCUT2D eigenvalue weighted by Crippen LogP contribution is -2.24. The molecule has 1 fully saturated rings. The van der Waals surface area contributed by atoms with Gasteiger partial charge in [0.2, 0.25) is 5.91 Å². The number of benzene rings is 1. The third-order valence-electron chi connectivity index (χ3n) is 5.06. The SMILES string of the molecule is CC(C)=CC1C(C(=O)Nc2ccc3c(c2)C(=O)N(C)C3=O)C1(C)C. The molecule has 0 bridgehead atoms. The number of rotatable bonds is 3. The largest absolute Gasteiger partial charge is 0.326 e. The van der Waals surface area contributed by atoms with Crippen LogP contribution in [0.15, 0.2) is 29.8 Å². The van der Waals surface area contributed by atoms with E-state index in [4.69, 9.17) is 0 Å². The van der Waals surface area contributed by atoms with Gasteiger partial charge in [0.05, 0.1) is 17.0 Å². The van der Waals surface area contributed by atoms with Crippen LogP contribution in [0, 0.1) is 17.3 Å². The second kappa shape index (κ2) is 5.30. The number of anilines is 1. The second-order valence-electron chi connectivity index (χ2n) is 7.49. The molecule has 2 unspecified atom stereocenters. The van der Waals surface area contributed by atoms with Crippen molar-refractivity contribution in [1.29, 1.82) is 0 Å². The zero-order chi connectivity index (χ0) is 17.8. The van der Waals surface area contributed by atoms with E-state index in [9.17, 15) is 14.4 Å². The molecule has 1 heterocycles. The van der Waals surface area contributed by atoms with Crippen molar-refractivity contribution in [3.05, 3.63) is 41.0 Å². The summed E-state index contributed by atoms with van der Waals surface area (Å²) in [5.41, 5.74) is 2.41. The molecule has 126 valence electrons. The van der Waals surface area contributed by atoms with Gasteiger partial charge in [-0.25, -0.2) is 0 Å². The maximum absolute atomic E-state index is 12.6. The lowest BCUT2D eigenvalue weighted by atomic mass is 10.1. The molecule has 2 atom stereocenters. The number of allylic oxidation sites excluding steroid dienone is 2. The smallest absolute Gasteiger partial charge is 0.261 e. The molecule has 5 heteroatoms. The predicted octanol–water partition coefficient (Wildman–Crippen LogP) is 3.09. The Morgan fingerprint density at radius 2 is 1.79 bits per heavy atom. The molecule has 2 aliphatic rings. The molecule has 1 aromatic carbocycles. The molecule has 0 aromatic heterocycles. The third kappa shape index (κ3) is 2.44. The number of imide groups is 1. The number of amides is 3. The van der Waals surface area contributed by atoms with Crippen molar-refractivity contribution in [3.63, 3.8) is 0 Å². The van der Waals surface area contributed by atoms with Crippen molar-refractivity contribution in [2.45, 2.75) is 27.7 Å². The molecule has 3 rings (SSSR count). The summed E-state index contributed by atoms with van der Waals surface area (Å²) < 4.78 is 0. The fraction of sp³-hybridized carbons (Fsp3) is 0.421. The van der Waals surface area contributed by atoms with Crippen molar-refractivity contribution in [1.82, 2.24) is 4.90 Å². The molecule has 24 heavy (non-hydrogen) atoms. The summed E-state index contributed by atoms with van der Waals surface area (Å²) in [4.78, 5) is 37.6. The Labute approximate surface area is 141 Å². The molecule has 0 spiro atoms. The van der Waals surface area contributed by atoms with E-state index in [-0.39, 0.29) is 35.0 Å². The number of carbonyl (C=O) groups excluding carboxylic acids is 3. The highest BCUT2D eigenvalue weighted by Crippen LogP contribution is 2.59. The van der Waals surface area contributed by atoms with Gasteiger partial charge in [-0.1, -0.05) is 25.5 Å². The maximum atomic E-state index is 12.6. The fourth-order valence-corrected chi connectivity index (χ4v) is 3.51. The van der Waals surface area contributed by atoms with Crippen molar-refractivity contribution < 1.29 is 14.4 Å². The number of carbonyl (C=O) groups is 3. The van der Waals surface area contributed by atoms with Gasteiger partial charge in [-0.05, 0) is 43.4 Å². The van der Waals surface area contributed by atoms with Crippen LogP contribution >= 0.6 is 0 Å². The molecule has 0 radical (unpaired) electrons. The molecular weight excluding hydrogens is 304 g/mol. The lowest BCUT2D eigenvalue weighted by Gasteiger charge is -2.07. The molecule has 1 aromatic rings. The van der Waals surface area contributed by atoms with E-state index < -0.39 is 0 Å². The first-order valence-corrected chi connectivity index (χ1v) is 8.07. The summed E-state index contributed by atoms with van der Waals surface area (Å²) in [7, 11) is 1.46. The van der Waals surface area contributed by atoms with Crippen molar-refractivity contribution in [2.24, 2.45) is 17.3 Å². The third-order valence-corrected chi connectivity index (χ3v) is 5.06. The summed E-state index contributed by atoms with van der Waals surface area (Å²) in [5, 5.41) is 2.89. The highest BCUT2D eigenvalue weighted by atomic mass is 16.2. The van der Waals surface area contributed by atoms with E-state index in [0.29, 0.717) is 16.8 Å². The molecule has 0 saturated heterocycles. The zero-order valence-corrected chi connectivity index (χ0v) is 14.6. The van der Waals surface area contributed by atoms with E-state index in [1.165, 1.54) is 12.6 Å². The minimum absolute atomic E-state index is 0.0485. The lowest BCUT2D eigenvalue weighted by molar-refractivity contribution is -0.118. The van der Waals surface area contributed by atoms with Crippen LogP contribution in [0.25, 0.3) is 0 Å². The van der Waals surface area contributed by atoms with Crippen LogP contribution in [0.3, 0.4) is 0 Å². The Balaban J connectivity index is 1.79. The van der Waals surface area contributed by atoms with Crippen LogP contribution in [0.4, 0.5) is 5.69 Å². The van der Waals surface area contributed by atoms with Gasteiger partial charge in [0.25, 0.3) is 11.8 Å². The summed E-state index contributed by atoms with van der Waals surface area (Å²) in [5.74, 6) is -0.542. The first kappa shape index (κ1) is 16.4. The Kier molecular flexibility index (Phi) is 3.62. The quantitative estimate of drug-likeness (QED) is 0.685. The van der Waals surface area contributed by atoms with Crippen LogP contribution in [-0.2, 0) is 4.79 Å². The van der Waals surface area contributed by atoms with Crippen LogP contribution < -0.4 is 5.32 Å². The average Bonchev–Trinajstić information content (AvgIpc) is 2.96. The Bertz CT molecular complexity index is 788. The second-order valence-corrected chi connectivity index (χ2v) is 7.49. The number of nitrogens with zero attached hydrogens (tertiary/aromatic N) is 1. The number of hydrogen-bond acceptors (Lipinski definition) is 3. The standard InChI is InChI=1S/C19H22N2O3/c1-10(2)8-14-15(19(14,3)4)16(22)20-11-6-7-12-13(9-11)18(24)21(5)17(12)23/h6-9,14-15H,1-5H3,(H,20,22). The Hall–Kier alpha value is -2.43. The average molecular weight is 326 g/mol. The van der Waals surface area contributed by atoms with E-state index >= 15 is 0 Å². The molecule has 5 nitrogen and oxygen atoms in total. The van der Waals surface area contributed by atoms with Gasteiger partial charge in [0, 0.05) is 12.7 Å². The Morgan fingerprint density at radius 3 is 2.42 bits per heavy atom. The van der Waals surface area contributed by atoms with Gasteiger partial charge in [-0.3, -0.25) is 19.3 Å². The zero-order valence-electron chi connectivity index (χ0n) is 14.6. The Morgan fingerprint density at radius 1 is 1.17 bits per heavy atom. The molecular formula is C19H22N2O3. The monoisotopic (exact) mass is 326 g/mol. The normalized spacial score (nSPS) is 23.8. The van der Waals surface area contributed by atoms with Gasteiger partial charge in [0.15, 0.2) is 0 Å². The van der Waals surface area contributed by atoms with Crippen LogP contribution in [0.1, 0.15) is 48.4 Å². The van der Waals surface area contributed by atoms with Crippen LogP contribution in [0.2, 0.25) is 0 Å². The summed E-state index contributed by atoms with van der Waals surface area (Å²) in [6.45, 7) is 8.23. The highest BCUT2D eigenvalue weighted by Gasteiger charge is 2.60. The number of fused-ring (bicyclic) bond motifs is 1.